The number of hydrogen-bond donors (Lipinski definition) is 1. The summed E-state index contributed by atoms with van der Waals surface area (Å²) in [5.41, 5.74) is 1.78. The van der Waals surface area contributed by atoms with Gasteiger partial charge in [-0.15, -0.1) is 11.3 Å². The van der Waals surface area contributed by atoms with E-state index in [1.807, 2.05) is 13.0 Å². The summed E-state index contributed by atoms with van der Waals surface area (Å²) < 4.78 is 27.2. The number of carbonyl (C=O) groups excluding carboxylic acids is 1. The van der Waals surface area contributed by atoms with E-state index in [1.54, 1.807) is 24.3 Å². The molecule has 0 radical (unpaired) electrons. The van der Waals surface area contributed by atoms with Gasteiger partial charge < -0.3 is 5.32 Å². The van der Waals surface area contributed by atoms with E-state index in [0.29, 0.717) is 10.4 Å². The number of thiophene rings is 1. The molecule has 0 aliphatic heterocycles. The molecule has 7 heteroatoms. The van der Waals surface area contributed by atoms with Gasteiger partial charge in [0.15, 0.2) is 11.6 Å². The van der Waals surface area contributed by atoms with E-state index in [1.165, 1.54) is 11.3 Å². The molecule has 0 aliphatic rings. The van der Waals surface area contributed by atoms with Crippen molar-refractivity contribution in [3.05, 3.63) is 70.4 Å². The number of anilines is 1. The van der Waals surface area contributed by atoms with Crippen LogP contribution >= 0.6 is 11.3 Å². The summed E-state index contributed by atoms with van der Waals surface area (Å²) in [5, 5.41) is 11.2. The van der Waals surface area contributed by atoms with Crippen LogP contribution in [0.25, 0.3) is 10.4 Å². The molecule has 3 aromatic rings. The van der Waals surface area contributed by atoms with Crippen LogP contribution in [0.3, 0.4) is 0 Å². The van der Waals surface area contributed by atoms with Crippen LogP contribution in [-0.2, 0) is 0 Å². The van der Waals surface area contributed by atoms with Crippen molar-refractivity contribution in [1.29, 1.82) is 5.26 Å². The Balaban J connectivity index is 1.89. The van der Waals surface area contributed by atoms with E-state index in [9.17, 15) is 13.6 Å². The molecule has 4 nitrogen and oxygen atoms in total. The number of rotatable bonds is 3. The standard InChI is InChI=1S/C18H11F2N3OS/c1-10-2-3-11(7-21)6-12(10)15-4-5-16(25-15)18(24)23-17-13(19)8-22-9-14(17)20/h2-6,8-9H,1H3,(H,22,23,24). The second kappa shape index (κ2) is 6.79. The normalized spacial score (nSPS) is 10.3. The summed E-state index contributed by atoms with van der Waals surface area (Å²) in [6.07, 6.45) is 1.66. The van der Waals surface area contributed by atoms with Crippen LogP contribution in [0.4, 0.5) is 14.5 Å². The molecule has 124 valence electrons. The van der Waals surface area contributed by atoms with E-state index in [2.05, 4.69) is 16.4 Å². The molecule has 0 saturated heterocycles. The Hall–Kier alpha value is -3.11. The van der Waals surface area contributed by atoms with Crippen LogP contribution < -0.4 is 5.32 Å². The Kier molecular flexibility index (Phi) is 4.55. The lowest BCUT2D eigenvalue weighted by Gasteiger charge is -2.06. The first kappa shape index (κ1) is 16.7. The lowest BCUT2D eigenvalue weighted by Crippen LogP contribution is -2.13. The van der Waals surface area contributed by atoms with Gasteiger partial charge >= 0.3 is 0 Å². The molecule has 0 bridgehead atoms. The average molecular weight is 355 g/mol. The van der Waals surface area contributed by atoms with Gasteiger partial charge in [0.1, 0.15) is 5.69 Å². The third kappa shape index (κ3) is 3.39. The Morgan fingerprint density at radius 3 is 2.60 bits per heavy atom. The van der Waals surface area contributed by atoms with Crippen molar-refractivity contribution >= 4 is 22.9 Å². The largest absolute Gasteiger partial charge is 0.316 e. The number of aromatic nitrogens is 1. The van der Waals surface area contributed by atoms with Gasteiger partial charge in [-0.2, -0.15) is 5.26 Å². The molecule has 0 aliphatic carbocycles. The van der Waals surface area contributed by atoms with Crippen LogP contribution in [0.15, 0.2) is 42.7 Å². The molecule has 0 unspecified atom stereocenters. The fraction of sp³-hybridized carbons (Fsp3) is 0.0556. The number of amides is 1. The molecular formula is C18H11F2N3OS. The fourth-order valence-corrected chi connectivity index (χ4v) is 3.25. The van der Waals surface area contributed by atoms with Gasteiger partial charge in [-0.05, 0) is 42.3 Å². The summed E-state index contributed by atoms with van der Waals surface area (Å²) >= 11 is 1.18. The molecule has 2 aromatic heterocycles. The zero-order chi connectivity index (χ0) is 18.0. The maximum atomic E-state index is 13.6. The second-order valence-corrected chi connectivity index (χ2v) is 6.32. The van der Waals surface area contributed by atoms with Crippen molar-refractivity contribution in [2.45, 2.75) is 6.92 Å². The van der Waals surface area contributed by atoms with Gasteiger partial charge in [0.2, 0.25) is 0 Å². The summed E-state index contributed by atoms with van der Waals surface area (Å²) in [4.78, 5) is 16.7. The number of pyridine rings is 1. The predicted molar refractivity (Wildman–Crippen MR) is 91.3 cm³/mol. The Morgan fingerprint density at radius 1 is 1.20 bits per heavy atom. The van der Waals surface area contributed by atoms with Crippen molar-refractivity contribution < 1.29 is 13.6 Å². The number of aryl methyl sites for hydroxylation is 1. The van der Waals surface area contributed by atoms with Gasteiger partial charge in [-0.25, -0.2) is 8.78 Å². The number of benzene rings is 1. The molecule has 0 spiro atoms. The third-order valence-corrected chi connectivity index (χ3v) is 4.67. The summed E-state index contributed by atoms with van der Waals surface area (Å²) in [7, 11) is 0. The van der Waals surface area contributed by atoms with Crippen molar-refractivity contribution in [3.8, 4) is 16.5 Å². The van der Waals surface area contributed by atoms with Gasteiger partial charge in [0.05, 0.1) is 28.9 Å². The minimum Gasteiger partial charge on any atom is -0.316 e. The number of nitrogens with zero attached hydrogens (tertiary/aromatic N) is 2. The second-order valence-electron chi connectivity index (χ2n) is 5.24. The maximum Gasteiger partial charge on any atom is 0.265 e. The number of hydrogen-bond acceptors (Lipinski definition) is 4. The lowest BCUT2D eigenvalue weighted by atomic mass is 10.0. The summed E-state index contributed by atoms with van der Waals surface area (Å²) in [5.74, 6) is -2.50. The molecule has 0 fully saturated rings. The van der Waals surface area contributed by atoms with Gasteiger partial charge in [-0.1, -0.05) is 6.07 Å². The van der Waals surface area contributed by atoms with E-state index in [4.69, 9.17) is 5.26 Å². The number of carbonyl (C=O) groups is 1. The smallest absolute Gasteiger partial charge is 0.265 e. The third-order valence-electron chi connectivity index (χ3n) is 3.55. The van der Waals surface area contributed by atoms with Crippen LogP contribution in [-0.4, -0.2) is 10.9 Å². The number of nitrogens with one attached hydrogen (secondary N) is 1. The van der Waals surface area contributed by atoms with E-state index < -0.39 is 23.2 Å². The molecule has 25 heavy (non-hydrogen) atoms. The topological polar surface area (TPSA) is 65.8 Å². The van der Waals surface area contributed by atoms with Crippen LogP contribution in [0.1, 0.15) is 20.8 Å². The molecule has 0 saturated carbocycles. The highest BCUT2D eigenvalue weighted by molar-refractivity contribution is 7.17. The SMILES string of the molecule is Cc1ccc(C#N)cc1-c1ccc(C(=O)Nc2c(F)cncc2F)s1. The Morgan fingerprint density at radius 2 is 1.92 bits per heavy atom. The zero-order valence-corrected chi connectivity index (χ0v) is 13.8. The molecule has 1 N–H and O–H groups in total. The van der Waals surface area contributed by atoms with Crippen LogP contribution in [0, 0.1) is 29.9 Å². The fourth-order valence-electron chi connectivity index (χ4n) is 2.27. The molecule has 2 heterocycles. The van der Waals surface area contributed by atoms with Gasteiger partial charge in [-0.3, -0.25) is 9.78 Å². The monoisotopic (exact) mass is 355 g/mol. The van der Waals surface area contributed by atoms with E-state index in [-0.39, 0.29) is 0 Å². The minimum atomic E-state index is -0.942. The molecule has 1 amide bonds. The first-order valence-electron chi connectivity index (χ1n) is 7.21. The molecule has 3 rings (SSSR count). The van der Waals surface area contributed by atoms with Crippen molar-refractivity contribution in [3.63, 3.8) is 0 Å². The predicted octanol–water partition coefficient (Wildman–Crippen LogP) is 4.52. The highest BCUT2D eigenvalue weighted by Crippen LogP contribution is 2.32. The lowest BCUT2D eigenvalue weighted by molar-refractivity contribution is 0.102. The summed E-state index contributed by atoms with van der Waals surface area (Å²) in [6, 6.07) is 10.7. The Labute approximate surface area is 146 Å². The van der Waals surface area contributed by atoms with Crippen molar-refractivity contribution in [1.82, 2.24) is 4.98 Å². The molecule has 1 aromatic carbocycles. The zero-order valence-electron chi connectivity index (χ0n) is 13.0. The van der Waals surface area contributed by atoms with E-state index >= 15 is 0 Å². The number of halogens is 2. The highest BCUT2D eigenvalue weighted by Gasteiger charge is 2.16. The number of nitriles is 1. The van der Waals surface area contributed by atoms with Crippen molar-refractivity contribution in [2.24, 2.45) is 0 Å². The van der Waals surface area contributed by atoms with Crippen molar-refractivity contribution in [2.75, 3.05) is 5.32 Å². The van der Waals surface area contributed by atoms with E-state index in [0.717, 1.165) is 28.4 Å². The maximum absolute atomic E-state index is 13.6. The first-order valence-corrected chi connectivity index (χ1v) is 8.02. The van der Waals surface area contributed by atoms with Crippen LogP contribution in [0.2, 0.25) is 0 Å². The minimum absolute atomic E-state index is 0.298. The summed E-state index contributed by atoms with van der Waals surface area (Å²) in [6.45, 7) is 1.90. The van der Waals surface area contributed by atoms with Gasteiger partial charge in [0.25, 0.3) is 5.91 Å². The quantitative estimate of drug-likeness (QED) is 0.751. The van der Waals surface area contributed by atoms with Crippen LogP contribution in [0.5, 0.6) is 0 Å². The van der Waals surface area contributed by atoms with Gasteiger partial charge in [0, 0.05) is 4.88 Å². The molecule has 0 atom stereocenters. The molecular weight excluding hydrogens is 344 g/mol. The first-order chi connectivity index (χ1) is 12.0. The average Bonchev–Trinajstić information content (AvgIpc) is 3.08. The highest BCUT2D eigenvalue weighted by atomic mass is 32.1. The Bertz CT molecular complexity index is 988.